The molecule has 1 aliphatic rings. The van der Waals surface area contributed by atoms with Crippen LogP contribution in [0.4, 0.5) is 0 Å². The van der Waals surface area contributed by atoms with Crippen LogP contribution in [0.2, 0.25) is 0 Å². The number of hydrogen-bond donors (Lipinski definition) is 1. The van der Waals surface area contributed by atoms with Crippen LogP contribution in [0.1, 0.15) is 38.1 Å². The van der Waals surface area contributed by atoms with E-state index in [1.807, 2.05) is 11.6 Å². The quantitative estimate of drug-likeness (QED) is 0.850. The second-order valence-corrected chi connectivity index (χ2v) is 5.50. The maximum atomic E-state index is 4.30. The average molecular weight is 224 g/mol. The third-order valence-electron chi connectivity index (χ3n) is 3.75. The zero-order chi connectivity index (χ0) is 10.7. The highest BCUT2D eigenvalue weighted by atomic mass is 32.1. The summed E-state index contributed by atoms with van der Waals surface area (Å²) < 4.78 is 0. The first-order chi connectivity index (χ1) is 7.31. The fraction of sp³-hybridized carbons (Fsp3) is 0.750. The SMILES string of the molecule is CCC1CCC(NCc2nccs2)C1C. The Hall–Kier alpha value is -0.410. The summed E-state index contributed by atoms with van der Waals surface area (Å²) in [5.41, 5.74) is 0. The predicted octanol–water partition coefficient (Wildman–Crippen LogP) is 3.06. The first-order valence-corrected chi connectivity index (χ1v) is 6.81. The van der Waals surface area contributed by atoms with E-state index in [2.05, 4.69) is 24.1 Å². The molecule has 2 nitrogen and oxygen atoms in total. The summed E-state index contributed by atoms with van der Waals surface area (Å²) in [5, 5.41) is 6.90. The number of nitrogens with one attached hydrogen (secondary N) is 1. The fourth-order valence-corrected chi connectivity index (χ4v) is 3.24. The Morgan fingerprint density at radius 1 is 1.53 bits per heavy atom. The minimum atomic E-state index is 0.707. The molecule has 84 valence electrons. The molecule has 0 aliphatic heterocycles. The second-order valence-electron chi connectivity index (χ2n) is 4.52. The Kier molecular flexibility index (Phi) is 3.76. The predicted molar refractivity (Wildman–Crippen MR) is 64.9 cm³/mol. The third kappa shape index (κ3) is 2.58. The van der Waals surface area contributed by atoms with Crippen LogP contribution in [0.15, 0.2) is 11.6 Å². The molecule has 0 aromatic carbocycles. The molecule has 1 saturated carbocycles. The van der Waals surface area contributed by atoms with E-state index in [0.29, 0.717) is 6.04 Å². The number of hydrogen-bond acceptors (Lipinski definition) is 3. The van der Waals surface area contributed by atoms with Crippen LogP contribution in [-0.2, 0) is 6.54 Å². The van der Waals surface area contributed by atoms with Gasteiger partial charge in [0.2, 0.25) is 0 Å². The molecule has 2 rings (SSSR count). The highest BCUT2D eigenvalue weighted by Crippen LogP contribution is 2.33. The molecule has 3 unspecified atom stereocenters. The van der Waals surface area contributed by atoms with Gasteiger partial charge in [-0.3, -0.25) is 0 Å². The van der Waals surface area contributed by atoms with Gasteiger partial charge in [-0.1, -0.05) is 20.3 Å². The topological polar surface area (TPSA) is 24.9 Å². The van der Waals surface area contributed by atoms with E-state index < -0.39 is 0 Å². The Morgan fingerprint density at radius 2 is 2.40 bits per heavy atom. The lowest BCUT2D eigenvalue weighted by Crippen LogP contribution is -2.32. The van der Waals surface area contributed by atoms with Crippen LogP contribution in [0.3, 0.4) is 0 Å². The van der Waals surface area contributed by atoms with Gasteiger partial charge in [-0.2, -0.15) is 0 Å². The molecule has 1 fully saturated rings. The molecule has 1 N–H and O–H groups in total. The Labute approximate surface area is 96.1 Å². The van der Waals surface area contributed by atoms with Crippen molar-refractivity contribution in [1.82, 2.24) is 10.3 Å². The van der Waals surface area contributed by atoms with Gasteiger partial charge in [-0.05, 0) is 24.7 Å². The minimum Gasteiger partial charge on any atom is -0.307 e. The zero-order valence-electron chi connectivity index (χ0n) is 9.57. The van der Waals surface area contributed by atoms with Gasteiger partial charge in [0.1, 0.15) is 5.01 Å². The Balaban J connectivity index is 1.81. The summed E-state index contributed by atoms with van der Waals surface area (Å²) in [7, 11) is 0. The second kappa shape index (κ2) is 5.08. The molecule has 1 heterocycles. The van der Waals surface area contributed by atoms with Crippen molar-refractivity contribution in [2.24, 2.45) is 11.8 Å². The monoisotopic (exact) mass is 224 g/mol. The molecule has 15 heavy (non-hydrogen) atoms. The molecule has 3 heteroatoms. The van der Waals surface area contributed by atoms with E-state index in [4.69, 9.17) is 0 Å². The van der Waals surface area contributed by atoms with Gasteiger partial charge in [-0.15, -0.1) is 11.3 Å². The summed E-state index contributed by atoms with van der Waals surface area (Å²) in [6, 6.07) is 0.707. The van der Waals surface area contributed by atoms with E-state index in [-0.39, 0.29) is 0 Å². The van der Waals surface area contributed by atoms with Crippen LogP contribution in [-0.4, -0.2) is 11.0 Å². The van der Waals surface area contributed by atoms with Gasteiger partial charge in [-0.25, -0.2) is 4.98 Å². The van der Waals surface area contributed by atoms with E-state index in [1.54, 1.807) is 11.3 Å². The lowest BCUT2D eigenvalue weighted by atomic mass is 9.93. The molecular formula is C12H20N2S. The van der Waals surface area contributed by atoms with Crippen molar-refractivity contribution in [3.63, 3.8) is 0 Å². The number of thiazole rings is 1. The molecule has 0 radical (unpaired) electrons. The van der Waals surface area contributed by atoms with Crippen LogP contribution in [0.5, 0.6) is 0 Å². The minimum absolute atomic E-state index is 0.707. The Bertz CT molecular complexity index is 284. The van der Waals surface area contributed by atoms with Crippen molar-refractivity contribution in [2.45, 2.75) is 45.7 Å². The molecular weight excluding hydrogens is 204 g/mol. The molecule has 0 saturated heterocycles. The summed E-state index contributed by atoms with van der Waals surface area (Å²) in [6.07, 6.45) is 5.95. The molecule has 1 aromatic rings. The first kappa shape index (κ1) is 11.1. The van der Waals surface area contributed by atoms with Crippen LogP contribution in [0.25, 0.3) is 0 Å². The van der Waals surface area contributed by atoms with Crippen LogP contribution in [0, 0.1) is 11.8 Å². The van der Waals surface area contributed by atoms with Crippen molar-refractivity contribution in [2.75, 3.05) is 0 Å². The van der Waals surface area contributed by atoms with E-state index in [9.17, 15) is 0 Å². The first-order valence-electron chi connectivity index (χ1n) is 5.93. The van der Waals surface area contributed by atoms with E-state index >= 15 is 0 Å². The van der Waals surface area contributed by atoms with E-state index in [1.165, 1.54) is 24.3 Å². The van der Waals surface area contributed by atoms with Crippen molar-refractivity contribution >= 4 is 11.3 Å². The van der Waals surface area contributed by atoms with Gasteiger partial charge in [0.05, 0.1) is 0 Å². The molecule has 0 bridgehead atoms. The highest BCUT2D eigenvalue weighted by Gasteiger charge is 2.30. The van der Waals surface area contributed by atoms with E-state index in [0.717, 1.165) is 18.4 Å². The lowest BCUT2D eigenvalue weighted by molar-refractivity contribution is 0.344. The van der Waals surface area contributed by atoms with Crippen molar-refractivity contribution in [3.8, 4) is 0 Å². The third-order valence-corrected chi connectivity index (χ3v) is 4.53. The summed E-state index contributed by atoms with van der Waals surface area (Å²) >= 11 is 1.74. The van der Waals surface area contributed by atoms with Crippen molar-refractivity contribution in [1.29, 1.82) is 0 Å². The largest absolute Gasteiger partial charge is 0.307 e. The molecule has 1 aromatic heterocycles. The number of rotatable bonds is 4. The summed E-state index contributed by atoms with van der Waals surface area (Å²) in [4.78, 5) is 4.30. The van der Waals surface area contributed by atoms with Gasteiger partial charge in [0.25, 0.3) is 0 Å². The highest BCUT2D eigenvalue weighted by molar-refractivity contribution is 7.09. The number of nitrogens with zero attached hydrogens (tertiary/aromatic N) is 1. The molecule has 3 atom stereocenters. The zero-order valence-corrected chi connectivity index (χ0v) is 10.4. The standard InChI is InChI=1S/C12H20N2S/c1-3-10-4-5-11(9(10)2)14-8-12-13-6-7-15-12/h6-7,9-11,14H,3-5,8H2,1-2H3. The average Bonchev–Trinajstić information content (AvgIpc) is 2.85. The van der Waals surface area contributed by atoms with Gasteiger partial charge >= 0.3 is 0 Å². The maximum Gasteiger partial charge on any atom is 0.106 e. The van der Waals surface area contributed by atoms with Crippen molar-refractivity contribution in [3.05, 3.63) is 16.6 Å². The van der Waals surface area contributed by atoms with Gasteiger partial charge in [0, 0.05) is 24.2 Å². The van der Waals surface area contributed by atoms with Gasteiger partial charge < -0.3 is 5.32 Å². The smallest absolute Gasteiger partial charge is 0.106 e. The van der Waals surface area contributed by atoms with Crippen molar-refractivity contribution < 1.29 is 0 Å². The molecule has 1 aliphatic carbocycles. The van der Waals surface area contributed by atoms with Crippen LogP contribution < -0.4 is 5.32 Å². The van der Waals surface area contributed by atoms with Gasteiger partial charge in [0.15, 0.2) is 0 Å². The van der Waals surface area contributed by atoms with Crippen LogP contribution >= 0.6 is 11.3 Å². The number of aromatic nitrogens is 1. The normalized spacial score (nSPS) is 30.9. The lowest BCUT2D eigenvalue weighted by Gasteiger charge is -2.20. The fourth-order valence-electron chi connectivity index (χ4n) is 2.67. The summed E-state index contributed by atoms with van der Waals surface area (Å²) in [5.74, 6) is 1.76. The summed E-state index contributed by atoms with van der Waals surface area (Å²) in [6.45, 7) is 5.65. The molecule has 0 spiro atoms. The maximum absolute atomic E-state index is 4.30. The molecule has 0 amide bonds. The Morgan fingerprint density at radius 3 is 3.00 bits per heavy atom.